The normalized spacial score (nSPS) is 25.5. The molecule has 2 aliphatic heterocycles. The Balaban J connectivity index is 1.49. The number of benzene rings is 1. The van der Waals surface area contributed by atoms with Gasteiger partial charge in [0.1, 0.15) is 6.04 Å². The van der Waals surface area contributed by atoms with E-state index in [1.54, 1.807) is 24.3 Å². The van der Waals surface area contributed by atoms with E-state index in [1.165, 1.54) is 0 Å². The minimum absolute atomic E-state index is 0.00726. The highest BCUT2D eigenvalue weighted by atomic mass is 35.5. The fourth-order valence-electron chi connectivity index (χ4n) is 3.10. The first-order valence-electron chi connectivity index (χ1n) is 8.51. The van der Waals surface area contributed by atoms with Crippen molar-refractivity contribution >= 4 is 35.1 Å². The van der Waals surface area contributed by atoms with Crippen LogP contribution in [0.15, 0.2) is 24.3 Å². The maximum atomic E-state index is 12.5. The number of nitrogens with zero attached hydrogens (tertiary/aromatic N) is 1. The molecule has 1 aromatic carbocycles. The Hall–Kier alpha value is -2.16. The quantitative estimate of drug-likeness (QED) is 0.528. The van der Waals surface area contributed by atoms with E-state index in [1.807, 2.05) is 0 Å². The lowest BCUT2D eigenvalue weighted by molar-refractivity contribution is -0.122. The summed E-state index contributed by atoms with van der Waals surface area (Å²) in [6.07, 6.45) is -0.133. The van der Waals surface area contributed by atoms with Crippen LogP contribution in [-0.4, -0.2) is 54.7 Å². The zero-order valence-corrected chi connectivity index (χ0v) is 14.8. The van der Waals surface area contributed by atoms with Crippen molar-refractivity contribution in [1.82, 2.24) is 16.0 Å². The van der Waals surface area contributed by atoms with E-state index in [2.05, 4.69) is 16.0 Å². The number of carbonyl (C=O) groups excluding carboxylic acids is 3. The standard InChI is InChI=1S/C17H21ClN4O4/c18-11-1-3-12(4-2-11)22-16(25)13(21-17(22)26)5-6-15(24)20-8-10-7-19-9-14(10)23/h1-4,10,13-14,19,23H,5-9H2,(H,20,24)(H,21,26). The van der Waals surface area contributed by atoms with E-state index < -0.39 is 18.2 Å². The fraction of sp³-hybridized carbons (Fsp3) is 0.471. The number of aliphatic hydroxyl groups is 1. The number of halogens is 1. The van der Waals surface area contributed by atoms with Crippen LogP contribution in [0.4, 0.5) is 10.5 Å². The van der Waals surface area contributed by atoms with Gasteiger partial charge in [-0.25, -0.2) is 9.69 Å². The van der Waals surface area contributed by atoms with Gasteiger partial charge < -0.3 is 21.1 Å². The molecule has 2 aliphatic rings. The van der Waals surface area contributed by atoms with Crippen molar-refractivity contribution in [2.75, 3.05) is 24.5 Å². The summed E-state index contributed by atoms with van der Waals surface area (Å²) in [6, 6.07) is 5.14. The van der Waals surface area contributed by atoms with Crippen LogP contribution in [0.25, 0.3) is 0 Å². The SMILES string of the molecule is O=C(CCC1NC(=O)N(c2ccc(Cl)cc2)C1=O)NCC1CNCC1O. The molecule has 8 nitrogen and oxygen atoms in total. The molecule has 9 heteroatoms. The minimum Gasteiger partial charge on any atom is -0.391 e. The Bertz CT molecular complexity index is 697. The summed E-state index contributed by atoms with van der Waals surface area (Å²) >= 11 is 5.82. The zero-order chi connectivity index (χ0) is 18.7. The first-order chi connectivity index (χ1) is 12.5. The second-order valence-corrected chi connectivity index (χ2v) is 6.92. The van der Waals surface area contributed by atoms with Crippen molar-refractivity contribution in [1.29, 1.82) is 0 Å². The van der Waals surface area contributed by atoms with Crippen molar-refractivity contribution in [3.63, 3.8) is 0 Å². The molecule has 26 heavy (non-hydrogen) atoms. The Kier molecular flexibility index (Phi) is 5.75. The lowest BCUT2D eigenvalue weighted by Gasteiger charge is -2.15. The lowest BCUT2D eigenvalue weighted by Crippen LogP contribution is -2.36. The first kappa shape index (κ1) is 18.6. The minimum atomic E-state index is -0.734. The van der Waals surface area contributed by atoms with E-state index in [4.69, 9.17) is 11.6 Å². The highest BCUT2D eigenvalue weighted by Crippen LogP contribution is 2.23. The third kappa shape index (κ3) is 4.14. The molecule has 4 N–H and O–H groups in total. The van der Waals surface area contributed by atoms with Crippen LogP contribution < -0.4 is 20.9 Å². The number of imide groups is 1. The van der Waals surface area contributed by atoms with Gasteiger partial charge in [-0.2, -0.15) is 0 Å². The summed E-state index contributed by atoms with van der Waals surface area (Å²) in [4.78, 5) is 37.6. The van der Waals surface area contributed by atoms with Crippen LogP contribution in [0, 0.1) is 5.92 Å². The molecule has 3 rings (SSSR count). The third-order valence-electron chi connectivity index (χ3n) is 4.63. The summed E-state index contributed by atoms with van der Waals surface area (Å²) in [7, 11) is 0. The zero-order valence-electron chi connectivity index (χ0n) is 14.1. The molecule has 2 saturated heterocycles. The van der Waals surface area contributed by atoms with E-state index in [9.17, 15) is 19.5 Å². The average molecular weight is 381 g/mol. The van der Waals surface area contributed by atoms with Crippen LogP contribution in [-0.2, 0) is 9.59 Å². The van der Waals surface area contributed by atoms with Gasteiger partial charge in [-0.05, 0) is 30.7 Å². The van der Waals surface area contributed by atoms with Gasteiger partial charge in [-0.15, -0.1) is 0 Å². The fourth-order valence-corrected chi connectivity index (χ4v) is 3.22. The predicted octanol–water partition coefficient (Wildman–Crippen LogP) is 0.241. The molecule has 1 aromatic rings. The maximum Gasteiger partial charge on any atom is 0.329 e. The summed E-state index contributed by atoms with van der Waals surface area (Å²) in [5.74, 6) is -0.608. The smallest absolute Gasteiger partial charge is 0.329 e. The van der Waals surface area contributed by atoms with E-state index >= 15 is 0 Å². The van der Waals surface area contributed by atoms with Crippen molar-refractivity contribution in [3.05, 3.63) is 29.3 Å². The van der Waals surface area contributed by atoms with Crippen LogP contribution in [0.1, 0.15) is 12.8 Å². The monoisotopic (exact) mass is 380 g/mol. The number of aliphatic hydroxyl groups excluding tert-OH is 1. The van der Waals surface area contributed by atoms with Crippen molar-refractivity contribution in [3.8, 4) is 0 Å². The molecule has 140 valence electrons. The largest absolute Gasteiger partial charge is 0.391 e. The van der Waals surface area contributed by atoms with Crippen LogP contribution >= 0.6 is 11.6 Å². The Labute approximate surface area is 155 Å². The van der Waals surface area contributed by atoms with Crippen molar-refractivity contribution in [2.24, 2.45) is 5.92 Å². The van der Waals surface area contributed by atoms with Gasteiger partial charge in [-0.3, -0.25) is 9.59 Å². The maximum absolute atomic E-state index is 12.5. The number of hydrogen-bond acceptors (Lipinski definition) is 5. The number of anilines is 1. The second kappa shape index (κ2) is 8.03. The number of β-amino-alcohol motifs (C(OH)–C–C–N with tert-alkyl or cyclic N) is 1. The molecule has 2 fully saturated rings. The van der Waals surface area contributed by atoms with Gasteiger partial charge in [0.15, 0.2) is 0 Å². The number of urea groups is 1. The highest BCUT2D eigenvalue weighted by molar-refractivity contribution is 6.30. The Morgan fingerprint density at radius 2 is 2.00 bits per heavy atom. The molecule has 2 heterocycles. The summed E-state index contributed by atoms with van der Waals surface area (Å²) < 4.78 is 0. The topological polar surface area (TPSA) is 111 Å². The number of carbonyl (C=O) groups is 3. The van der Waals surface area contributed by atoms with Gasteiger partial charge in [0.05, 0.1) is 11.8 Å². The molecular weight excluding hydrogens is 360 g/mol. The molecular formula is C17H21ClN4O4. The average Bonchev–Trinajstić information content (AvgIpc) is 3.15. The van der Waals surface area contributed by atoms with Gasteiger partial charge in [0.2, 0.25) is 5.91 Å². The molecule has 0 bridgehead atoms. The Morgan fingerprint density at radius 1 is 1.27 bits per heavy atom. The van der Waals surface area contributed by atoms with Gasteiger partial charge in [-0.1, -0.05) is 11.6 Å². The van der Waals surface area contributed by atoms with Crippen LogP contribution in [0.2, 0.25) is 5.02 Å². The predicted molar refractivity (Wildman–Crippen MR) is 95.9 cm³/mol. The molecule has 0 spiro atoms. The van der Waals surface area contributed by atoms with Crippen molar-refractivity contribution < 1.29 is 19.5 Å². The molecule has 0 aliphatic carbocycles. The molecule has 0 aromatic heterocycles. The highest BCUT2D eigenvalue weighted by Gasteiger charge is 2.39. The molecule has 3 atom stereocenters. The molecule has 0 saturated carbocycles. The van der Waals surface area contributed by atoms with Gasteiger partial charge >= 0.3 is 6.03 Å². The summed E-state index contributed by atoms with van der Waals surface area (Å²) in [6.45, 7) is 1.58. The number of hydrogen-bond donors (Lipinski definition) is 4. The lowest BCUT2D eigenvalue weighted by atomic mass is 10.1. The number of nitrogens with one attached hydrogen (secondary N) is 3. The second-order valence-electron chi connectivity index (χ2n) is 6.48. The van der Waals surface area contributed by atoms with Gasteiger partial charge in [0, 0.05) is 37.0 Å². The number of rotatable bonds is 6. The summed E-state index contributed by atoms with van der Waals surface area (Å²) in [5, 5.41) is 18.6. The van der Waals surface area contributed by atoms with Crippen LogP contribution in [0.5, 0.6) is 0 Å². The third-order valence-corrected chi connectivity index (χ3v) is 4.88. The first-order valence-corrected chi connectivity index (χ1v) is 8.89. The van der Waals surface area contributed by atoms with E-state index in [-0.39, 0.29) is 30.6 Å². The summed E-state index contributed by atoms with van der Waals surface area (Å²) in [5.41, 5.74) is 0.437. The molecule has 3 unspecified atom stereocenters. The van der Waals surface area contributed by atoms with Crippen molar-refractivity contribution in [2.45, 2.75) is 25.0 Å². The van der Waals surface area contributed by atoms with E-state index in [0.29, 0.717) is 30.3 Å². The molecule has 0 radical (unpaired) electrons. The van der Waals surface area contributed by atoms with E-state index in [0.717, 1.165) is 4.90 Å². The van der Waals surface area contributed by atoms with Gasteiger partial charge in [0.25, 0.3) is 5.91 Å². The molecule has 4 amide bonds. The number of amides is 4. The Morgan fingerprint density at radius 3 is 2.65 bits per heavy atom. The van der Waals surface area contributed by atoms with Crippen LogP contribution in [0.3, 0.4) is 0 Å².